The van der Waals surface area contributed by atoms with Crippen molar-refractivity contribution in [3.05, 3.63) is 87.9 Å². The molecule has 2 N–H and O–H groups in total. The summed E-state index contributed by atoms with van der Waals surface area (Å²) in [6.45, 7) is 0. The molecular formula is C23H20BrN3O4. The number of fused-ring (bicyclic) bond motifs is 1. The molecule has 0 fully saturated rings. The number of ether oxygens (including phenoxy) is 2. The molecule has 1 aliphatic rings. The minimum atomic E-state index is -0.692. The maximum atomic E-state index is 13.3. The smallest absolute Gasteiger partial charge is 0.276 e. The molecule has 3 aromatic carbocycles. The fraction of sp³-hybridized carbons (Fsp3) is 0.130. The highest BCUT2D eigenvalue weighted by atomic mass is 79.9. The van der Waals surface area contributed by atoms with E-state index in [9.17, 15) is 9.59 Å². The standard InChI is InChI=1S/C23H20BrN3O4/c1-30-16-11-12-18(20(13-16)31-2)21-25-19-6-4-3-5-17(19)23(29)27(21)26-22(28)14-7-9-15(24)10-8-14/h3-13,21,25H,1-2H3,(H,26,28). The summed E-state index contributed by atoms with van der Waals surface area (Å²) in [5, 5.41) is 4.62. The van der Waals surface area contributed by atoms with Crippen molar-refractivity contribution in [1.29, 1.82) is 0 Å². The number of benzene rings is 3. The average Bonchev–Trinajstić information content (AvgIpc) is 2.80. The lowest BCUT2D eigenvalue weighted by Gasteiger charge is -2.38. The Morgan fingerprint density at radius 2 is 1.77 bits per heavy atom. The Morgan fingerprint density at radius 1 is 1.03 bits per heavy atom. The number of halogens is 1. The van der Waals surface area contributed by atoms with Crippen molar-refractivity contribution in [3.8, 4) is 11.5 Å². The summed E-state index contributed by atoms with van der Waals surface area (Å²) in [5.74, 6) is 0.405. The maximum absolute atomic E-state index is 13.3. The molecule has 1 unspecified atom stereocenters. The number of hydrazine groups is 1. The Morgan fingerprint density at radius 3 is 2.48 bits per heavy atom. The van der Waals surface area contributed by atoms with Crippen molar-refractivity contribution in [3.63, 3.8) is 0 Å². The highest BCUT2D eigenvalue weighted by Gasteiger charge is 2.36. The summed E-state index contributed by atoms with van der Waals surface area (Å²) in [6, 6.07) is 19.4. The van der Waals surface area contributed by atoms with Crippen LogP contribution in [0.15, 0.2) is 71.2 Å². The van der Waals surface area contributed by atoms with Crippen LogP contribution in [-0.2, 0) is 0 Å². The predicted molar refractivity (Wildman–Crippen MR) is 120 cm³/mol. The van der Waals surface area contributed by atoms with Crippen LogP contribution in [-0.4, -0.2) is 31.0 Å². The molecule has 0 aliphatic carbocycles. The van der Waals surface area contributed by atoms with Crippen molar-refractivity contribution in [2.24, 2.45) is 0 Å². The minimum absolute atomic E-state index is 0.331. The Labute approximate surface area is 188 Å². The SMILES string of the molecule is COc1ccc(C2Nc3ccccc3C(=O)N2NC(=O)c2ccc(Br)cc2)c(OC)c1. The maximum Gasteiger partial charge on any atom is 0.276 e. The van der Waals surface area contributed by atoms with Crippen LogP contribution >= 0.6 is 15.9 Å². The fourth-order valence-electron chi connectivity index (χ4n) is 3.41. The van der Waals surface area contributed by atoms with Gasteiger partial charge < -0.3 is 14.8 Å². The van der Waals surface area contributed by atoms with Gasteiger partial charge in [-0.2, -0.15) is 0 Å². The first kappa shape index (κ1) is 20.7. The van der Waals surface area contributed by atoms with E-state index in [1.807, 2.05) is 12.1 Å². The molecule has 3 aromatic rings. The molecule has 158 valence electrons. The number of para-hydroxylation sites is 1. The second kappa shape index (κ2) is 8.69. The number of methoxy groups -OCH3 is 2. The van der Waals surface area contributed by atoms with Crippen LogP contribution in [0.4, 0.5) is 5.69 Å². The van der Waals surface area contributed by atoms with E-state index in [1.54, 1.807) is 68.8 Å². The van der Waals surface area contributed by atoms with Crippen molar-refractivity contribution < 1.29 is 19.1 Å². The number of nitrogens with one attached hydrogen (secondary N) is 2. The van der Waals surface area contributed by atoms with Crippen LogP contribution in [0, 0.1) is 0 Å². The van der Waals surface area contributed by atoms with Gasteiger partial charge in [-0.3, -0.25) is 15.0 Å². The van der Waals surface area contributed by atoms with Crippen molar-refractivity contribution in [1.82, 2.24) is 10.4 Å². The molecule has 2 amide bonds. The van der Waals surface area contributed by atoms with Gasteiger partial charge in [0.2, 0.25) is 0 Å². The zero-order valence-corrected chi connectivity index (χ0v) is 18.5. The summed E-state index contributed by atoms with van der Waals surface area (Å²) in [7, 11) is 3.11. The Balaban J connectivity index is 1.75. The van der Waals surface area contributed by atoms with Gasteiger partial charge in [0.25, 0.3) is 11.8 Å². The lowest BCUT2D eigenvalue weighted by atomic mass is 10.0. The topological polar surface area (TPSA) is 79.9 Å². The first-order chi connectivity index (χ1) is 15.0. The molecule has 1 aliphatic heterocycles. The van der Waals surface area contributed by atoms with Gasteiger partial charge in [-0.05, 0) is 48.5 Å². The zero-order chi connectivity index (χ0) is 22.0. The first-order valence-electron chi connectivity index (χ1n) is 9.49. The van der Waals surface area contributed by atoms with Gasteiger partial charge in [0.1, 0.15) is 11.5 Å². The van der Waals surface area contributed by atoms with E-state index in [2.05, 4.69) is 26.7 Å². The van der Waals surface area contributed by atoms with Gasteiger partial charge in [0, 0.05) is 27.4 Å². The second-order valence-electron chi connectivity index (χ2n) is 6.82. The van der Waals surface area contributed by atoms with E-state index in [0.29, 0.717) is 33.9 Å². The summed E-state index contributed by atoms with van der Waals surface area (Å²) in [5.41, 5.74) is 4.98. The number of carbonyl (C=O) groups is 2. The fourth-order valence-corrected chi connectivity index (χ4v) is 3.67. The molecule has 1 heterocycles. The van der Waals surface area contributed by atoms with E-state index in [-0.39, 0.29) is 5.91 Å². The van der Waals surface area contributed by atoms with Crippen LogP contribution in [0.1, 0.15) is 32.4 Å². The molecule has 31 heavy (non-hydrogen) atoms. The number of hydrogen-bond donors (Lipinski definition) is 2. The van der Waals surface area contributed by atoms with Gasteiger partial charge in [0.15, 0.2) is 6.17 Å². The number of anilines is 1. The van der Waals surface area contributed by atoms with Crippen molar-refractivity contribution >= 4 is 33.4 Å². The van der Waals surface area contributed by atoms with Crippen LogP contribution in [0.5, 0.6) is 11.5 Å². The number of nitrogens with zero attached hydrogens (tertiary/aromatic N) is 1. The van der Waals surface area contributed by atoms with Crippen molar-refractivity contribution in [2.75, 3.05) is 19.5 Å². The van der Waals surface area contributed by atoms with Gasteiger partial charge in [0.05, 0.1) is 19.8 Å². The zero-order valence-electron chi connectivity index (χ0n) is 16.9. The lowest BCUT2D eigenvalue weighted by molar-refractivity contribution is 0.0488. The monoisotopic (exact) mass is 481 g/mol. The molecule has 1 atom stereocenters. The van der Waals surface area contributed by atoms with E-state index >= 15 is 0 Å². The van der Waals surface area contributed by atoms with E-state index in [0.717, 1.165) is 4.47 Å². The molecule has 8 heteroatoms. The molecule has 7 nitrogen and oxygen atoms in total. The first-order valence-corrected chi connectivity index (χ1v) is 10.3. The third-order valence-corrected chi connectivity index (χ3v) is 5.52. The van der Waals surface area contributed by atoms with Crippen LogP contribution in [0.25, 0.3) is 0 Å². The van der Waals surface area contributed by atoms with E-state index < -0.39 is 12.1 Å². The van der Waals surface area contributed by atoms with Gasteiger partial charge in [-0.1, -0.05) is 28.1 Å². The van der Waals surface area contributed by atoms with E-state index in [1.165, 1.54) is 5.01 Å². The van der Waals surface area contributed by atoms with E-state index in [4.69, 9.17) is 9.47 Å². The Hall–Kier alpha value is -3.52. The van der Waals surface area contributed by atoms with Crippen molar-refractivity contribution in [2.45, 2.75) is 6.17 Å². The molecular weight excluding hydrogens is 462 g/mol. The average molecular weight is 482 g/mol. The molecule has 0 saturated heterocycles. The molecule has 0 radical (unpaired) electrons. The van der Waals surface area contributed by atoms with Gasteiger partial charge >= 0.3 is 0 Å². The summed E-state index contributed by atoms with van der Waals surface area (Å²) >= 11 is 3.36. The van der Waals surface area contributed by atoms with Crippen LogP contribution < -0.4 is 20.2 Å². The molecule has 0 aromatic heterocycles. The molecule has 0 bridgehead atoms. The molecule has 0 saturated carbocycles. The third kappa shape index (κ3) is 4.06. The number of amides is 2. The number of rotatable bonds is 5. The van der Waals surface area contributed by atoms with Gasteiger partial charge in [-0.15, -0.1) is 0 Å². The Bertz CT molecular complexity index is 1130. The largest absolute Gasteiger partial charge is 0.497 e. The number of carbonyl (C=O) groups excluding carboxylic acids is 2. The number of hydrogen-bond acceptors (Lipinski definition) is 5. The normalized spacial score (nSPS) is 15.0. The highest BCUT2D eigenvalue weighted by Crippen LogP contribution is 2.37. The summed E-state index contributed by atoms with van der Waals surface area (Å²) in [4.78, 5) is 26.3. The lowest BCUT2D eigenvalue weighted by Crippen LogP contribution is -2.52. The highest BCUT2D eigenvalue weighted by molar-refractivity contribution is 9.10. The van der Waals surface area contributed by atoms with Crippen LogP contribution in [0.3, 0.4) is 0 Å². The summed E-state index contributed by atoms with van der Waals surface area (Å²) < 4.78 is 11.7. The summed E-state index contributed by atoms with van der Waals surface area (Å²) in [6.07, 6.45) is -0.692. The quantitative estimate of drug-likeness (QED) is 0.565. The molecule has 4 rings (SSSR count). The van der Waals surface area contributed by atoms with Crippen LogP contribution in [0.2, 0.25) is 0 Å². The Kier molecular flexibility index (Phi) is 5.81. The predicted octanol–water partition coefficient (Wildman–Crippen LogP) is 4.38. The third-order valence-electron chi connectivity index (χ3n) is 4.99. The second-order valence-corrected chi connectivity index (χ2v) is 7.74. The minimum Gasteiger partial charge on any atom is -0.497 e. The van der Waals surface area contributed by atoms with Gasteiger partial charge in [-0.25, -0.2) is 5.01 Å². The molecule has 0 spiro atoms.